The van der Waals surface area contributed by atoms with Crippen molar-refractivity contribution in [3.8, 4) is 5.75 Å². The molecule has 1 amide bonds. The second-order valence-corrected chi connectivity index (χ2v) is 4.37. The normalized spacial score (nSPS) is 10.9. The number of aliphatic carboxylic acids is 1. The van der Waals surface area contributed by atoms with Crippen LogP contribution in [0.4, 0.5) is 0 Å². The Morgan fingerprint density at radius 1 is 1.47 bits per heavy atom. The van der Waals surface area contributed by atoms with Crippen molar-refractivity contribution >= 4 is 11.9 Å². The molecular weight excluding hydrogens is 252 g/mol. The third kappa shape index (κ3) is 3.12. The Balaban J connectivity index is 3.09. The van der Waals surface area contributed by atoms with Crippen LogP contribution < -0.4 is 15.6 Å². The molecule has 104 valence electrons. The Labute approximate surface area is 109 Å². The van der Waals surface area contributed by atoms with E-state index in [0.717, 1.165) is 4.57 Å². The molecule has 7 nitrogen and oxygen atoms in total. The minimum Gasteiger partial charge on any atom is -0.480 e. The summed E-state index contributed by atoms with van der Waals surface area (Å²) in [5, 5.41) is 11.5. The van der Waals surface area contributed by atoms with Crippen molar-refractivity contribution in [2.45, 2.75) is 19.4 Å². The van der Waals surface area contributed by atoms with Gasteiger partial charge in [-0.15, -0.1) is 0 Å². The van der Waals surface area contributed by atoms with Gasteiger partial charge in [0.2, 0.25) is 0 Å². The molecule has 1 rings (SSSR count). The van der Waals surface area contributed by atoms with E-state index in [0.29, 0.717) is 0 Å². The Kier molecular flexibility index (Phi) is 4.31. The molecule has 0 aromatic carbocycles. The number of nitrogens with one attached hydrogen (secondary N) is 1. The summed E-state index contributed by atoms with van der Waals surface area (Å²) in [6, 6.07) is 2.88. The minimum atomic E-state index is -1.40. The number of nitrogens with zero attached hydrogens (tertiary/aromatic N) is 1. The van der Waals surface area contributed by atoms with E-state index >= 15 is 0 Å². The number of rotatable bonds is 5. The molecule has 1 heterocycles. The average Bonchev–Trinajstić information content (AvgIpc) is 2.36. The van der Waals surface area contributed by atoms with Crippen LogP contribution in [0.1, 0.15) is 13.8 Å². The van der Waals surface area contributed by atoms with Gasteiger partial charge >= 0.3 is 5.97 Å². The van der Waals surface area contributed by atoms with Gasteiger partial charge in [-0.1, -0.05) is 0 Å². The van der Waals surface area contributed by atoms with E-state index in [9.17, 15) is 14.4 Å². The quantitative estimate of drug-likeness (QED) is 0.770. The van der Waals surface area contributed by atoms with Crippen LogP contribution in [-0.4, -0.2) is 35.2 Å². The Bertz CT molecular complexity index is 547. The lowest BCUT2D eigenvalue weighted by atomic mass is 10.1. The highest BCUT2D eigenvalue weighted by Gasteiger charge is 2.30. The topological polar surface area (TPSA) is 97.6 Å². The zero-order valence-corrected chi connectivity index (χ0v) is 11.0. The first-order chi connectivity index (χ1) is 8.80. The van der Waals surface area contributed by atoms with Crippen LogP contribution in [0.25, 0.3) is 0 Å². The van der Waals surface area contributed by atoms with Crippen LogP contribution in [0.3, 0.4) is 0 Å². The van der Waals surface area contributed by atoms with Gasteiger partial charge in [0.15, 0.2) is 12.4 Å². The number of hydrogen-bond donors (Lipinski definition) is 2. The smallest absolute Gasteiger partial charge is 0.329 e. The molecule has 0 aliphatic heterocycles. The van der Waals surface area contributed by atoms with Gasteiger partial charge in [-0.25, -0.2) is 4.79 Å². The third-order valence-corrected chi connectivity index (χ3v) is 2.68. The fourth-order valence-corrected chi connectivity index (χ4v) is 1.34. The Hall–Kier alpha value is -2.31. The van der Waals surface area contributed by atoms with Gasteiger partial charge in [-0.05, 0) is 26.0 Å². The molecule has 0 spiro atoms. The monoisotopic (exact) mass is 268 g/mol. The number of carbonyl (C=O) groups excluding carboxylic acids is 1. The van der Waals surface area contributed by atoms with E-state index in [1.807, 2.05) is 0 Å². The molecule has 19 heavy (non-hydrogen) atoms. The highest BCUT2D eigenvalue weighted by Crippen LogP contribution is 2.14. The van der Waals surface area contributed by atoms with E-state index in [-0.39, 0.29) is 18.3 Å². The Morgan fingerprint density at radius 2 is 2.11 bits per heavy atom. The lowest BCUT2D eigenvalue weighted by Gasteiger charge is -2.22. The van der Waals surface area contributed by atoms with Crippen molar-refractivity contribution in [2.24, 2.45) is 0 Å². The number of pyridine rings is 1. The van der Waals surface area contributed by atoms with Crippen LogP contribution in [0, 0.1) is 0 Å². The highest BCUT2D eigenvalue weighted by molar-refractivity contribution is 5.77. The van der Waals surface area contributed by atoms with Gasteiger partial charge in [0.1, 0.15) is 5.54 Å². The number of ether oxygens (including phenoxy) is 1. The number of carbonyl (C=O) groups is 2. The van der Waals surface area contributed by atoms with E-state index in [2.05, 4.69) is 5.32 Å². The number of carboxylic acid groups (broad SMARTS) is 1. The molecule has 0 saturated heterocycles. The molecule has 0 atom stereocenters. The molecule has 0 aliphatic rings. The summed E-state index contributed by atoms with van der Waals surface area (Å²) in [5.41, 5.74) is -2.00. The number of amides is 1. The number of aromatic nitrogens is 1. The molecule has 0 saturated carbocycles. The first-order valence-electron chi connectivity index (χ1n) is 5.59. The largest absolute Gasteiger partial charge is 0.480 e. The maximum absolute atomic E-state index is 12.1. The zero-order valence-electron chi connectivity index (χ0n) is 11.0. The van der Waals surface area contributed by atoms with Gasteiger partial charge in [-0.2, -0.15) is 0 Å². The van der Waals surface area contributed by atoms with Crippen LogP contribution in [-0.2, 0) is 15.1 Å². The minimum absolute atomic E-state index is 0.0691. The number of hydrogen-bond acceptors (Lipinski definition) is 4. The fraction of sp³-hybridized carbons (Fsp3) is 0.417. The van der Waals surface area contributed by atoms with Crippen molar-refractivity contribution in [3.63, 3.8) is 0 Å². The van der Waals surface area contributed by atoms with Crippen molar-refractivity contribution in [2.75, 3.05) is 13.7 Å². The lowest BCUT2D eigenvalue weighted by molar-refractivity contribution is -0.145. The van der Waals surface area contributed by atoms with E-state index in [1.165, 1.54) is 39.2 Å². The maximum Gasteiger partial charge on any atom is 0.329 e. The van der Waals surface area contributed by atoms with Crippen LogP contribution >= 0.6 is 0 Å². The van der Waals surface area contributed by atoms with Crippen LogP contribution in [0.2, 0.25) is 0 Å². The molecule has 7 heteroatoms. The second kappa shape index (κ2) is 5.55. The summed E-state index contributed by atoms with van der Waals surface area (Å²) in [7, 11) is 1.45. The van der Waals surface area contributed by atoms with Gasteiger partial charge in [-0.3, -0.25) is 14.2 Å². The lowest BCUT2D eigenvalue weighted by Crippen LogP contribution is -2.42. The number of likely N-dealkylation sites (N-methyl/N-ethyl adjacent to an activating group) is 1. The molecule has 2 N–H and O–H groups in total. The fourth-order valence-electron chi connectivity index (χ4n) is 1.34. The molecule has 0 fully saturated rings. The first kappa shape index (κ1) is 14.7. The van der Waals surface area contributed by atoms with Crippen molar-refractivity contribution in [1.29, 1.82) is 0 Å². The molecular formula is C12H16N2O5. The highest BCUT2D eigenvalue weighted by atomic mass is 16.5. The summed E-state index contributed by atoms with van der Waals surface area (Å²) >= 11 is 0. The third-order valence-electron chi connectivity index (χ3n) is 2.68. The molecule has 0 unspecified atom stereocenters. The molecule has 1 aromatic heterocycles. The summed E-state index contributed by atoms with van der Waals surface area (Å²) in [4.78, 5) is 34.2. The maximum atomic E-state index is 12.1. The van der Waals surface area contributed by atoms with Gasteiger partial charge in [0.05, 0.1) is 0 Å². The molecule has 0 bridgehead atoms. The zero-order chi connectivity index (χ0) is 14.6. The second-order valence-electron chi connectivity index (χ2n) is 4.37. The summed E-state index contributed by atoms with van der Waals surface area (Å²) in [5.74, 6) is -1.59. The summed E-state index contributed by atoms with van der Waals surface area (Å²) in [6.07, 6.45) is 1.36. The van der Waals surface area contributed by atoms with Crippen LogP contribution in [0.5, 0.6) is 5.75 Å². The van der Waals surface area contributed by atoms with Crippen LogP contribution in [0.15, 0.2) is 23.1 Å². The van der Waals surface area contributed by atoms with E-state index < -0.39 is 17.1 Å². The van der Waals surface area contributed by atoms with Crippen molar-refractivity contribution < 1.29 is 19.4 Å². The summed E-state index contributed by atoms with van der Waals surface area (Å²) < 4.78 is 6.12. The first-order valence-corrected chi connectivity index (χ1v) is 5.59. The number of carboxylic acids is 1. The molecule has 0 aliphatic carbocycles. The van der Waals surface area contributed by atoms with Crippen molar-refractivity contribution in [1.82, 2.24) is 9.88 Å². The van der Waals surface area contributed by atoms with Gasteiger partial charge in [0.25, 0.3) is 11.5 Å². The van der Waals surface area contributed by atoms with E-state index in [4.69, 9.17) is 9.84 Å². The molecule has 0 radical (unpaired) electrons. The Morgan fingerprint density at radius 3 is 2.63 bits per heavy atom. The predicted octanol–water partition coefficient (Wildman–Crippen LogP) is -0.207. The summed E-state index contributed by atoms with van der Waals surface area (Å²) in [6.45, 7) is 2.50. The van der Waals surface area contributed by atoms with E-state index in [1.54, 1.807) is 0 Å². The molecule has 1 aromatic rings. The predicted molar refractivity (Wildman–Crippen MR) is 67.2 cm³/mol. The standard InChI is InChI=1S/C12H16N2O5/c1-12(2,11(17)18)14-6-4-5-8(10(14)16)19-7-9(15)13-3/h4-6H,7H2,1-3H3,(H,13,15)(H,17,18). The SMILES string of the molecule is CNC(=O)COc1cccn(C(C)(C)C(=O)O)c1=O. The van der Waals surface area contributed by atoms with Gasteiger partial charge in [0, 0.05) is 13.2 Å². The average molecular weight is 268 g/mol. The van der Waals surface area contributed by atoms with Gasteiger partial charge < -0.3 is 15.2 Å². The van der Waals surface area contributed by atoms with Crippen molar-refractivity contribution in [3.05, 3.63) is 28.7 Å².